The fourth-order valence-electron chi connectivity index (χ4n) is 8.98. The van der Waals surface area contributed by atoms with Gasteiger partial charge in [0.05, 0.1) is 0 Å². The third kappa shape index (κ3) is 5.14. The van der Waals surface area contributed by atoms with E-state index in [1.807, 2.05) is 60.7 Å². The number of fused-ring (bicyclic) bond motifs is 6. The SMILES string of the molecule is CC(C1(CCC(=O)Oc2ccccc2)c2ccccc2-c2ccccc21)C1(CCC(=O)Oc2ccccc2)c2ccccc2-c2ccccc21. The van der Waals surface area contributed by atoms with Crippen LogP contribution in [0.15, 0.2) is 158 Å². The van der Waals surface area contributed by atoms with Crippen LogP contribution >= 0.6 is 0 Å². The maximum Gasteiger partial charge on any atom is 0.311 e. The number of carbonyl (C=O) groups excluding carboxylic acids is 2. The van der Waals surface area contributed by atoms with Gasteiger partial charge in [-0.05, 0) is 87.5 Å². The Hall–Kier alpha value is -5.74. The van der Waals surface area contributed by atoms with E-state index in [0.717, 1.165) is 0 Å². The van der Waals surface area contributed by atoms with Crippen molar-refractivity contribution in [3.05, 3.63) is 180 Å². The van der Waals surface area contributed by atoms with E-state index in [-0.39, 0.29) is 30.7 Å². The largest absolute Gasteiger partial charge is 0.427 e. The molecular weight excluding hydrogens is 617 g/mol. The highest BCUT2D eigenvalue weighted by molar-refractivity contribution is 5.85. The second-order valence-electron chi connectivity index (χ2n) is 13.4. The van der Waals surface area contributed by atoms with Crippen LogP contribution in [0.3, 0.4) is 0 Å². The average Bonchev–Trinajstić information content (AvgIpc) is 3.62. The molecule has 0 aliphatic heterocycles. The number of hydrogen-bond donors (Lipinski definition) is 0. The lowest BCUT2D eigenvalue weighted by molar-refractivity contribution is -0.135. The number of para-hydroxylation sites is 2. The second-order valence-corrected chi connectivity index (χ2v) is 13.4. The Morgan fingerprint density at radius 3 is 1.04 bits per heavy atom. The number of esters is 2. The fraction of sp³-hybridized carbons (Fsp3) is 0.174. The van der Waals surface area contributed by atoms with Gasteiger partial charge in [0.25, 0.3) is 0 Å². The van der Waals surface area contributed by atoms with Crippen LogP contribution in [0.5, 0.6) is 11.5 Å². The first-order chi connectivity index (χ1) is 24.5. The summed E-state index contributed by atoms with van der Waals surface area (Å²) in [5.41, 5.74) is 8.38. The highest BCUT2D eigenvalue weighted by Gasteiger charge is 2.58. The molecule has 6 aromatic carbocycles. The quantitative estimate of drug-likeness (QED) is 0.109. The topological polar surface area (TPSA) is 52.6 Å². The van der Waals surface area contributed by atoms with Crippen molar-refractivity contribution in [2.24, 2.45) is 5.92 Å². The van der Waals surface area contributed by atoms with Gasteiger partial charge in [-0.3, -0.25) is 9.59 Å². The summed E-state index contributed by atoms with van der Waals surface area (Å²) in [5.74, 6) is 0.450. The van der Waals surface area contributed by atoms with Gasteiger partial charge >= 0.3 is 11.9 Å². The molecule has 0 saturated heterocycles. The van der Waals surface area contributed by atoms with Crippen molar-refractivity contribution in [1.29, 1.82) is 0 Å². The molecular formula is C46H38O4. The summed E-state index contributed by atoms with van der Waals surface area (Å²) in [5, 5.41) is 0. The molecule has 6 aromatic rings. The van der Waals surface area contributed by atoms with Crippen molar-refractivity contribution in [3.63, 3.8) is 0 Å². The van der Waals surface area contributed by atoms with Gasteiger partial charge in [-0.2, -0.15) is 0 Å². The number of carbonyl (C=O) groups is 2. The first-order valence-corrected chi connectivity index (χ1v) is 17.4. The summed E-state index contributed by atoms with van der Waals surface area (Å²) in [7, 11) is 0. The minimum atomic E-state index is -0.587. The standard InChI is InChI=1S/C46H38O4/c1-32(45(30-28-43(47)49-33-16-4-2-5-17-33)39-24-12-8-20-35(39)36-21-9-13-25-40(36)45)46(31-29-44(48)50-34-18-6-3-7-19-34)41-26-14-10-22-37(41)38-23-11-15-27-42(38)46/h2-27,32H,28-31H2,1H3. The molecule has 50 heavy (non-hydrogen) atoms. The third-order valence-electron chi connectivity index (χ3n) is 11.1. The van der Waals surface area contributed by atoms with Gasteiger partial charge in [-0.15, -0.1) is 0 Å². The number of ether oxygens (including phenoxy) is 2. The molecule has 0 spiro atoms. The normalized spacial score (nSPS) is 14.3. The van der Waals surface area contributed by atoms with Crippen molar-refractivity contribution in [3.8, 4) is 33.8 Å². The molecule has 246 valence electrons. The Morgan fingerprint density at radius 1 is 0.440 bits per heavy atom. The molecule has 0 radical (unpaired) electrons. The lowest BCUT2D eigenvalue weighted by atomic mass is 9.53. The minimum Gasteiger partial charge on any atom is -0.427 e. The lowest BCUT2D eigenvalue weighted by Gasteiger charge is -2.49. The molecule has 4 nitrogen and oxygen atoms in total. The molecule has 0 atom stereocenters. The van der Waals surface area contributed by atoms with Crippen molar-refractivity contribution < 1.29 is 19.1 Å². The molecule has 0 heterocycles. The molecule has 0 saturated carbocycles. The van der Waals surface area contributed by atoms with Gasteiger partial charge in [0.1, 0.15) is 11.5 Å². The predicted octanol–water partition coefficient (Wildman–Crippen LogP) is 10.3. The monoisotopic (exact) mass is 654 g/mol. The first kappa shape index (κ1) is 31.5. The predicted molar refractivity (Wildman–Crippen MR) is 197 cm³/mol. The maximum atomic E-state index is 13.7. The summed E-state index contributed by atoms with van der Waals surface area (Å²) >= 11 is 0. The van der Waals surface area contributed by atoms with Crippen LogP contribution in [0.4, 0.5) is 0 Å². The molecule has 0 fully saturated rings. The van der Waals surface area contributed by atoms with Gasteiger partial charge in [-0.1, -0.05) is 140 Å². The van der Waals surface area contributed by atoms with Gasteiger partial charge in [-0.25, -0.2) is 0 Å². The third-order valence-corrected chi connectivity index (χ3v) is 11.1. The molecule has 8 rings (SSSR count). The molecule has 0 aromatic heterocycles. The smallest absolute Gasteiger partial charge is 0.311 e. The van der Waals surface area contributed by atoms with Gasteiger partial charge in [0.2, 0.25) is 0 Å². The number of rotatable bonds is 10. The molecule has 0 amide bonds. The molecule has 2 aliphatic rings. The number of hydrogen-bond acceptors (Lipinski definition) is 4. The summed E-state index contributed by atoms with van der Waals surface area (Å²) < 4.78 is 11.7. The van der Waals surface area contributed by atoms with E-state index in [0.29, 0.717) is 24.3 Å². The maximum absolute atomic E-state index is 13.7. The van der Waals surface area contributed by atoms with Crippen molar-refractivity contribution in [2.45, 2.75) is 43.4 Å². The van der Waals surface area contributed by atoms with Crippen LogP contribution < -0.4 is 9.47 Å². The Kier molecular flexibility index (Phi) is 8.16. The van der Waals surface area contributed by atoms with Gasteiger partial charge in [0.15, 0.2) is 0 Å². The minimum absolute atomic E-state index is 0.0985. The van der Waals surface area contributed by atoms with E-state index in [9.17, 15) is 9.59 Å². The zero-order valence-corrected chi connectivity index (χ0v) is 28.0. The second kappa shape index (κ2) is 12.9. The summed E-state index contributed by atoms with van der Waals surface area (Å²) in [6, 6.07) is 53.1. The highest BCUT2D eigenvalue weighted by atomic mass is 16.5. The Bertz CT molecular complexity index is 1940. The van der Waals surface area contributed by atoms with Gasteiger partial charge < -0.3 is 9.47 Å². The molecule has 4 heteroatoms. The zero-order valence-electron chi connectivity index (χ0n) is 28.0. The number of benzene rings is 6. The summed E-state index contributed by atoms with van der Waals surface area (Å²) in [4.78, 5) is 27.3. The van der Waals surface area contributed by atoms with Crippen LogP contribution in [-0.2, 0) is 20.4 Å². The van der Waals surface area contributed by atoms with Crippen LogP contribution in [-0.4, -0.2) is 11.9 Å². The Labute approximate surface area is 293 Å². The van der Waals surface area contributed by atoms with E-state index >= 15 is 0 Å². The summed E-state index contributed by atoms with van der Waals surface area (Å²) in [6.45, 7) is 2.34. The molecule has 2 aliphatic carbocycles. The summed E-state index contributed by atoms with van der Waals surface area (Å²) in [6.07, 6.45) is 1.51. The molecule has 0 N–H and O–H groups in total. The average molecular weight is 655 g/mol. The van der Waals surface area contributed by atoms with E-state index in [2.05, 4.69) is 104 Å². The Morgan fingerprint density at radius 2 is 0.720 bits per heavy atom. The van der Waals surface area contributed by atoms with Crippen LogP contribution in [0.25, 0.3) is 22.3 Å². The van der Waals surface area contributed by atoms with E-state index in [1.165, 1.54) is 44.5 Å². The Balaban J connectivity index is 1.29. The van der Waals surface area contributed by atoms with Crippen LogP contribution in [0.1, 0.15) is 54.9 Å². The zero-order chi connectivity index (χ0) is 34.1. The van der Waals surface area contributed by atoms with Gasteiger partial charge in [0, 0.05) is 23.7 Å². The fourth-order valence-corrected chi connectivity index (χ4v) is 8.98. The van der Waals surface area contributed by atoms with E-state index in [4.69, 9.17) is 9.47 Å². The van der Waals surface area contributed by atoms with Crippen molar-refractivity contribution in [1.82, 2.24) is 0 Å². The van der Waals surface area contributed by atoms with E-state index in [1.54, 1.807) is 0 Å². The van der Waals surface area contributed by atoms with Crippen molar-refractivity contribution >= 4 is 11.9 Å². The molecule has 0 unspecified atom stereocenters. The molecule has 0 bridgehead atoms. The van der Waals surface area contributed by atoms with Crippen LogP contribution in [0.2, 0.25) is 0 Å². The van der Waals surface area contributed by atoms with Crippen molar-refractivity contribution in [2.75, 3.05) is 0 Å². The van der Waals surface area contributed by atoms with Crippen LogP contribution in [0, 0.1) is 5.92 Å². The highest BCUT2D eigenvalue weighted by Crippen LogP contribution is 2.64. The first-order valence-electron chi connectivity index (χ1n) is 17.4. The van der Waals surface area contributed by atoms with E-state index < -0.39 is 10.8 Å². The lowest BCUT2D eigenvalue weighted by Crippen LogP contribution is -2.47.